The highest BCUT2D eigenvalue weighted by atomic mass is 16.3. The third kappa shape index (κ3) is 5.63. The Bertz CT molecular complexity index is 771. The topological polar surface area (TPSA) is 40.5 Å². The second kappa shape index (κ2) is 12.1. The van der Waals surface area contributed by atoms with Gasteiger partial charge < -0.3 is 10.0 Å². The second-order valence-electron chi connectivity index (χ2n) is 8.60. The van der Waals surface area contributed by atoms with Crippen molar-refractivity contribution in [2.45, 2.75) is 104 Å². The number of nitrogens with zero attached hydrogens (tertiary/aromatic N) is 1. The molecule has 30 heavy (non-hydrogen) atoms. The minimum absolute atomic E-state index is 0.0986. The Balaban J connectivity index is 2.68. The van der Waals surface area contributed by atoms with E-state index in [1.807, 2.05) is 36.4 Å². The molecular formula is C27H41NO2. The van der Waals surface area contributed by atoms with Gasteiger partial charge in [0.05, 0.1) is 11.7 Å². The van der Waals surface area contributed by atoms with Crippen LogP contribution in [0.1, 0.15) is 108 Å². The molecule has 0 aliphatic carbocycles. The van der Waals surface area contributed by atoms with Gasteiger partial charge in [0.25, 0.3) is 5.91 Å². The van der Waals surface area contributed by atoms with Crippen molar-refractivity contribution in [1.29, 1.82) is 0 Å². The van der Waals surface area contributed by atoms with E-state index < -0.39 is 6.10 Å². The Morgan fingerprint density at radius 2 is 1.33 bits per heavy atom. The number of hydrogen-bond acceptors (Lipinski definition) is 2. The van der Waals surface area contributed by atoms with Crippen molar-refractivity contribution < 1.29 is 9.90 Å². The second-order valence-corrected chi connectivity index (χ2v) is 8.60. The lowest BCUT2D eigenvalue weighted by Gasteiger charge is -2.39. The van der Waals surface area contributed by atoms with Crippen LogP contribution in [0.2, 0.25) is 0 Å². The molecule has 0 radical (unpaired) electrons. The molecule has 0 aromatic heterocycles. The van der Waals surface area contributed by atoms with E-state index in [2.05, 4.69) is 32.6 Å². The lowest BCUT2D eigenvalue weighted by molar-refractivity contribution is 0.0507. The number of carbonyl (C=O) groups is 1. The summed E-state index contributed by atoms with van der Waals surface area (Å²) in [6.45, 7) is 10.6. The van der Waals surface area contributed by atoms with Gasteiger partial charge in [-0.05, 0) is 48.9 Å². The lowest BCUT2D eigenvalue weighted by Crippen LogP contribution is -2.47. The molecule has 0 heterocycles. The molecule has 0 bridgehead atoms. The van der Waals surface area contributed by atoms with E-state index in [0.29, 0.717) is 5.56 Å². The molecule has 1 unspecified atom stereocenters. The first-order valence-electron chi connectivity index (χ1n) is 12.0. The largest absolute Gasteiger partial charge is 0.389 e. The normalized spacial score (nSPS) is 12.7. The van der Waals surface area contributed by atoms with Gasteiger partial charge in [-0.1, -0.05) is 89.8 Å². The fourth-order valence-electron chi connectivity index (χ4n) is 4.81. The molecule has 0 spiro atoms. The molecule has 1 amide bonds. The van der Waals surface area contributed by atoms with Crippen LogP contribution in [0.5, 0.6) is 0 Å². The van der Waals surface area contributed by atoms with Gasteiger partial charge in [-0.2, -0.15) is 0 Å². The number of hydrogen-bond donors (Lipinski definition) is 1. The van der Waals surface area contributed by atoms with Gasteiger partial charge in [0.2, 0.25) is 0 Å². The van der Waals surface area contributed by atoms with Gasteiger partial charge in [-0.25, -0.2) is 0 Å². The van der Waals surface area contributed by atoms with Gasteiger partial charge in [-0.3, -0.25) is 4.79 Å². The third-order valence-corrected chi connectivity index (χ3v) is 6.13. The maximum atomic E-state index is 14.3. The Hall–Kier alpha value is -1.87. The minimum atomic E-state index is -0.679. The first kappa shape index (κ1) is 24.4. The summed E-state index contributed by atoms with van der Waals surface area (Å²) in [5, 5.41) is 12.5. The van der Waals surface area contributed by atoms with Gasteiger partial charge >= 0.3 is 0 Å². The van der Waals surface area contributed by atoms with E-state index in [4.69, 9.17) is 0 Å². The Labute approximate surface area is 183 Å². The zero-order valence-electron chi connectivity index (χ0n) is 19.7. The molecule has 2 rings (SSSR count). The molecule has 1 N–H and O–H groups in total. The number of aliphatic hydroxyl groups is 1. The highest BCUT2D eigenvalue weighted by Crippen LogP contribution is 2.32. The maximum absolute atomic E-state index is 14.3. The van der Waals surface area contributed by atoms with Crippen molar-refractivity contribution in [1.82, 2.24) is 4.90 Å². The van der Waals surface area contributed by atoms with Crippen LogP contribution < -0.4 is 0 Å². The molecular weight excluding hydrogens is 370 g/mol. The molecule has 0 fully saturated rings. The number of rotatable bonds is 12. The number of amides is 1. The van der Waals surface area contributed by atoms with E-state index in [1.54, 1.807) is 6.92 Å². The van der Waals surface area contributed by atoms with Crippen LogP contribution in [-0.4, -0.2) is 28.0 Å². The molecule has 0 saturated carbocycles. The number of carbonyl (C=O) groups excluding carboxylic acids is 1. The van der Waals surface area contributed by atoms with Crippen molar-refractivity contribution in [3.63, 3.8) is 0 Å². The smallest absolute Gasteiger partial charge is 0.255 e. The van der Waals surface area contributed by atoms with Crippen molar-refractivity contribution in [2.75, 3.05) is 0 Å². The van der Waals surface area contributed by atoms with Gasteiger partial charge in [0.1, 0.15) is 0 Å². The first-order chi connectivity index (χ1) is 14.5. The lowest BCUT2D eigenvalue weighted by atomic mass is 9.91. The fourth-order valence-corrected chi connectivity index (χ4v) is 4.81. The Morgan fingerprint density at radius 1 is 0.833 bits per heavy atom. The summed E-state index contributed by atoms with van der Waals surface area (Å²) >= 11 is 0. The first-order valence-corrected chi connectivity index (χ1v) is 12.0. The van der Waals surface area contributed by atoms with Gasteiger partial charge in [-0.15, -0.1) is 0 Å². The van der Waals surface area contributed by atoms with Crippen LogP contribution in [0.15, 0.2) is 36.4 Å². The number of benzene rings is 2. The predicted octanol–water partition coefficient (Wildman–Crippen LogP) is 7.27. The highest BCUT2D eigenvalue weighted by Gasteiger charge is 2.32. The molecule has 0 aliphatic heterocycles. The molecule has 3 heteroatoms. The zero-order chi connectivity index (χ0) is 22.1. The van der Waals surface area contributed by atoms with E-state index in [-0.39, 0.29) is 18.0 Å². The number of aliphatic hydroxyl groups excluding tert-OH is 1. The minimum Gasteiger partial charge on any atom is -0.389 e. The van der Waals surface area contributed by atoms with Crippen molar-refractivity contribution >= 4 is 16.7 Å². The van der Waals surface area contributed by atoms with E-state index >= 15 is 0 Å². The molecule has 1 atom stereocenters. The highest BCUT2D eigenvalue weighted by molar-refractivity contribution is 6.08. The van der Waals surface area contributed by atoms with Crippen LogP contribution in [-0.2, 0) is 0 Å². The Kier molecular flexibility index (Phi) is 9.84. The van der Waals surface area contributed by atoms with Crippen LogP contribution in [0, 0.1) is 0 Å². The molecule has 3 nitrogen and oxygen atoms in total. The summed E-state index contributed by atoms with van der Waals surface area (Å²) in [5.74, 6) is 0.0986. The van der Waals surface area contributed by atoms with Crippen LogP contribution in [0.3, 0.4) is 0 Å². The summed E-state index contributed by atoms with van der Waals surface area (Å²) in [7, 11) is 0. The summed E-state index contributed by atoms with van der Waals surface area (Å²) in [6, 6.07) is 12.5. The molecule has 0 saturated heterocycles. The quantitative estimate of drug-likeness (QED) is 0.399. The maximum Gasteiger partial charge on any atom is 0.255 e. The van der Waals surface area contributed by atoms with Crippen molar-refractivity contribution in [3.05, 3.63) is 47.5 Å². The SMILES string of the molecule is CCCC(CCC)N(C(=O)c1c(C(C)O)ccc2ccccc12)C(CCC)CCC. The summed E-state index contributed by atoms with van der Waals surface area (Å²) in [4.78, 5) is 16.5. The third-order valence-electron chi connectivity index (χ3n) is 6.13. The summed E-state index contributed by atoms with van der Waals surface area (Å²) < 4.78 is 0. The standard InChI is InChI=1S/C27H41NO2/c1-6-12-22(13-7-2)28(23(14-8-3)15-9-4)27(30)26-24(20(5)29)19-18-21-16-10-11-17-25(21)26/h10-11,16-20,22-23,29H,6-9,12-15H2,1-5H3. The average molecular weight is 412 g/mol. The van der Waals surface area contributed by atoms with Crippen molar-refractivity contribution in [3.8, 4) is 0 Å². The van der Waals surface area contributed by atoms with Crippen LogP contribution in [0.4, 0.5) is 0 Å². The van der Waals surface area contributed by atoms with Gasteiger partial charge in [0, 0.05) is 12.1 Å². The molecule has 166 valence electrons. The van der Waals surface area contributed by atoms with Crippen LogP contribution in [0.25, 0.3) is 10.8 Å². The van der Waals surface area contributed by atoms with Gasteiger partial charge in [0.15, 0.2) is 0 Å². The Morgan fingerprint density at radius 3 is 1.80 bits per heavy atom. The van der Waals surface area contributed by atoms with Crippen LogP contribution >= 0.6 is 0 Å². The average Bonchev–Trinajstić information content (AvgIpc) is 2.73. The number of fused-ring (bicyclic) bond motifs is 1. The predicted molar refractivity (Wildman–Crippen MR) is 128 cm³/mol. The summed E-state index contributed by atoms with van der Waals surface area (Å²) in [5.41, 5.74) is 1.43. The summed E-state index contributed by atoms with van der Waals surface area (Å²) in [6.07, 6.45) is 7.70. The van der Waals surface area contributed by atoms with E-state index in [9.17, 15) is 9.90 Å². The zero-order valence-corrected chi connectivity index (χ0v) is 19.7. The molecule has 2 aromatic carbocycles. The van der Waals surface area contributed by atoms with Crippen molar-refractivity contribution in [2.24, 2.45) is 0 Å². The monoisotopic (exact) mass is 411 g/mol. The fraction of sp³-hybridized carbons (Fsp3) is 0.593. The molecule has 0 aliphatic rings. The van der Waals surface area contributed by atoms with E-state index in [0.717, 1.165) is 67.7 Å². The van der Waals surface area contributed by atoms with E-state index in [1.165, 1.54) is 0 Å². The molecule has 2 aromatic rings.